The third-order valence-corrected chi connectivity index (χ3v) is 4.56. The van der Waals surface area contributed by atoms with Crippen LogP contribution in [0.2, 0.25) is 0 Å². The highest BCUT2D eigenvalue weighted by Gasteiger charge is 2.61. The lowest BCUT2D eigenvalue weighted by molar-refractivity contribution is -0.142. The Kier molecular flexibility index (Phi) is 2.39. The van der Waals surface area contributed by atoms with E-state index >= 15 is 0 Å². The molecule has 19 heavy (non-hydrogen) atoms. The minimum Gasteiger partial charge on any atom is -0.365 e. The van der Waals surface area contributed by atoms with Crippen molar-refractivity contribution in [2.24, 2.45) is 16.9 Å². The van der Waals surface area contributed by atoms with Crippen molar-refractivity contribution in [3.8, 4) is 0 Å². The molecule has 4 atom stereocenters. The Labute approximate surface area is 111 Å². The van der Waals surface area contributed by atoms with Crippen molar-refractivity contribution in [1.29, 1.82) is 0 Å². The van der Waals surface area contributed by atoms with Crippen molar-refractivity contribution in [3.63, 3.8) is 0 Å². The first-order chi connectivity index (χ1) is 9.25. The maximum atomic E-state index is 12.3. The molecule has 0 aromatic heterocycles. The first-order valence-electron chi connectivity index (χ1n) is 7.03. The van der Waals surface area contributed by atoms with Crippen LogP contribution >= 0.6 is 0 Å². The molecule has 0 aromatic carbocycles. The minimum absolute atomic E-state index is 0.176. The fourth-order valence-electron chi connectivity index (χ4n) is 3.59. The van der Waals surface area contributed by atoms with Crippen molar-refractivity contribution in [2.75, 3.05) is 0 Å². The molecule has 1 aliphatic carbocycles. The fraction of sp³-hybridized carbons (Fsp3) is 0.643. The average molecular weight is 260 g/mol. The van der Waals surface area contributed by atoms with Gasteiger partial charge in [-0.1, -0.05) is 18.6 Å². The molecular formula is C14H16N2O3. The quantitative estimate of drug-likeness (QED) is 0.526. The van der Waals surface area contributed by atoms with Gasteiger partial charge >= 0.3 is 0 Å². The van der Waals surface area contributed by atoms with Gasteiger partial charge in [0.25, 0.3) is 11.8 Å². The zero-order valence-corrected chi connectivity index (χ0v) is 10.6. The van der Waals surface area contributed by atoms with Gasteiger partial charge in [-0.15, -0.1) is 0 Å². The first kappa shape index (κ1) is 11.3. The molecule has 4 rings (SSSR count). The van der Waals surface area contributed by atoms with E-state index in [0.717, 1.165) is 36.4 Å². The molecule has 2 saturated heterocycles. The molecule has 0 radical (unpaired) electrons. The molecule has 1 saturated carbocycles. The summed E-state index contributed by atoms with van der Waals surface area (Å²) in [5, 5.41) is 5.47. The van der Waals surface area contributed by atoms with Crippen LogP contribution in [-0.2, 0) is 14.3 Å². The summed E-state index contributed by atoms with van der Waals surface area (Å²) in [7, 11) is 0. The van der Waals surface area contributed by atoms with Gasteiger partial charge in [0.1, 0.15) is 0 Å². The van der Waals surface area contributed by atoms with Gasteiger partial charge in [-0.05, 0) is 25.7 Å². The molecule has 4 aliphatic rings. The zero-order valence-electron chi connectivity index (χ0n) is 10.6. The Bertz CT molecular complexity index is 473. The van der Waals surface area contributed by atoms with Crippen molar-refractivity contribution >= 4 is 17.5 Å². The summed E-state index contributed by atoms with van der Waals surface area (Å²) in [5.74, 6) is -1.03. The van der Waals surface area contributed by atoms with Crippen molar-refractivity contribution in [2.45, 2.75) is 44.3 Å². The minimum atomic E-state index is -0.338. The highest BCUT2D eigenvalue weighted by molar-refractivity contribution is 6.07. The van der Waals surface area contributed by atoms with Crippen LogP contribution in [0, 0.1) is 11.8 Å². The maximum absolute atomic E-state index is 12.3. The zero-order chi connectivity index (χ0) is 13.0. The fourth-order valence-corrected chi connectivity index (χ4v) is 3.59. The summed E-state index contributed by atoms with van der Waals surface area (Å²) >= 11 is 0. The van der Waals surface area contributed by atoms with Crippen molar-refractivity contribution < 1.29 is 14.3 Å². The molecule has 2 amide bonds. The van der Waals surface area contributed by atoms with Crippen LogP contribution in [-0.4, -0.2) is 34.7 Å². The number of hydrazone groups is 1. The Morgan fingerprint density at radius 2 is 1.58 bits per heavy atom. The van der Waals surface area contributed by atoms with Crippen molar-refractivity contribution in [3.05, 3.63) is 12.2 Å². The molecule has 5 heteroatoms. The monoisotopic (exact) mass is 260 g/mol. The van der Waals surface area contributed by atoms with Crippen LogP contribution in [0.5, 0.6) is 0 Å². The van der Waals surface area contributed by atoms with Gasteiger partial charge in [0, 0.05) is 5.71 Å². The topological polar surface area (TPSA) is 59.0 Å². The first-order valence-corrected chi connectivity index (χ1v) is 7.03. The smallest absolute Gasteiger partial charge is 0.256 e. The Hall–Kier alpha value is -1.49. The van der Waals surface area contributed by atoms with Crippen molar-refractivity contribution in [1.82, 2.24) is 5.01 Å². The summed E-state index contributed by atoms with van der Waals surface area (Å²) < 4.78 is 5.59. The van der Waals surface area contributed by atoms with E-state index in [4.69, 9.17) is 4.74 Å². The predicted molar refractivity (Wildman–Crippen MR) is 67.2 cm³/mol. The lowest BCUT2D eigenvalue weighted by Crippen LogP contribution is -2.31. The Morgan fingerprint density at radius 1 is 1.00 bits per heavy atom. The number of hydrogen-bond donors (Lipinski definition) is 0. The lowest BCUT2D eigenvalue weighted by Gasteiger charge is -2.17. The predicted octanol–water partition coefficient (Wildman–Crippen LogP) is 1.24. The second-order valence-corrected chi connectivity index (χ2v) is 5.72. The number of carbonyl (C=O) groups is 2. The van der Waals surface area contributed by atoms with Crippen LogP contribution in [0.25, 0.3) is 0 Å². The van der Waals surface area contributed by atoms with E-state index in [1.54, 1.807) is 0 Å². The highest BCUT2D eigenvalue weighted by atomic mass is 16.5. The third kappa shape index (κ3) is 1.54. The molecule has 5 nitrogen and oxygen atoms in total. The van der Waals surface area contributed by atoms with E-state index in [9.17, 15) is 9.59 Å². The van der Waals surface area contributed by atoms with Crippen LogP contribution in [0.4, 0.5) is 0 Å². The number of ether oxygens (including phenoxy) is 1. The van der Waals surface area contributed by atoms with Gasteiger partial charge in [-0.3, -0.25) is 9.59 Å². The van der Waals surface area contributed by atoms with Gasteiger partial charge < -0.3 is 4.74 Å². The standard InChI is InChI=1S/C14H16N2O3/c17-13-11-9-6-7-10(19-9)12(11)14(18)16(13)15-8-4-2-1-3-5-8/h6-7,9-12H,1-5H2/t9-,10-,11-,12+/m0/s1. The molecular weight excluding hydrogens is 244 g/mol. The molecule has 2 bridgehead atoms. The molecule has 3 fully saturated rings. The largest absolute Gasteiger partial charge is 0.365 e. The molecule has 100 valence electrons. The summed E-state index contributed by atoms with van der Waals surface area (Å²) in [4.78, 5) is 24.7. The normalized spacial score (nSPS) is 40.2. The number of hydrogen-bond acceptors (Lipinski definition) is 4. The van der Waals surface area contributed by atoms with Gasteiger partial charge in [-0.2, -0.15) is 10.1 Å². The second kappa shape index (κ2) is 4.00. The third-order valence-electron chi connectivity index (χ3n) is 4.56. The van der Waals surface area contributed by atoms with E-state index in [0.29, 0.717) is 0 Å². The number of amides is 2. The summed E-state index contributed by atoms with van der Waals surface area (Å²) in [5.41, 5.74) is 0.995. The maximum Gasteiger partial charge on any atom is 0.256 e. The van der Waals surface area contributed by atoms with E-state index in [1.165, 1.54) is 6.42 Å². The summed E-state index contributed by atoms with van der Waals surface area (Å²) in [6.07, 6.45) is 8.61. The lowest BCUT2D eigenvalue weighted by atomic mass is 9.85. The molecule has 0 aromatic rings. The van der Waals surface area contributed by atoms with Gasteiger partial charge in [0.2, 0.25) is 0 Å². The number of fused-ring (bicyclic) bond motifs is 5. The Balaban J connectivity index is 1.62. The van der Waals surface area contributed by atoms with Crippen LogP contribution < -0.4 is 0 Å². The van der Waals surface area contributed by atoms with Crippen LogP contribution in [0.15, 0.2) is 17.3 Å². The van der Waals surface area contributed by atoms with Gasteiger partial charge in [0.15, 0.2) is 0 Å². The number of carbonyl (C=O) groups excluding carboxylic acids is 2. The van der Waals surface area contributed by atoms with E-state index in [-0.39, 0.29) is 35.9 Å². The van der Waals surface area contributed by atoms with Gasteiger partial charge in [-0.25, -0.2) is 0 Å². The van der Waals surface area contributed by atoms with E-state index in [2.05, 4.69) is 5.10 Å². The SMILES string of the molecule is O=C1[C@@H]2[C@H](C(=O)N1N=C1CCCCC1)[C@@H]1C=C[C@@H]2O1. The highest BCUT2D eigenvalue weighted by Crippen LogP contribution is 2.45. The average Bonchev–Trinajstić information content (AvgIpc) is 3.10. The molecule has 3 aliphatic heterocycles. The molecule has 0 unspecified atom stereocenters. The molecule has 0 N–H and O–H groups in total. The number of imide groups is 1. The van der Waals surface area contributed by atoms with E-state index < -0.39 is 0 Å². The van der Waals surface area contributed by atoms with Crippen LogP contribution in [0.1, 0.15) is 32.1 Å². The number of rotatable bonds is 1. The number of nitrogens with zero attached hydrogens (tertiary/aromatic N) is 2. The van der Waals surface area contributed by atoms with Gasteiger partial charge in [0.05, 0.1) is 24.0 Å². The van der Waals surface area contributed by atoms with Crippen LogP contribution in [0.3, 0.4) is 0 Å². The molecule has 0 spiro atoms. The molecule has 3 heterocycles. The second-order valence-electron chi connectivity index (χ2n) is 5.72. The van der Waals surface area contributed by atoms with E-state index in [1.807, 2.05) is 12.2 Å². The Morgan fingerprint density at radius 3 is 2.16 bits per heavy atom. The summed E-state index contributed by atoms with van der Waals surface area (Å²) in [6.45, 7) is 0. The summed E-state index contributed by atoms with van der Waals surface area (Å²) in [6, 6.07) is 0.